The quantitative estimate of drug-likeness (QED) is 0.297. The van der Waals surface area contributed by atoms with Crippen molar-refractivity contribution in [3.8, 4) is 5.75 Å². The average molecular weight is 554 g/mol. The molecule has 1 aliphatic heterocycles. The molecule has 4 atom stereocenters. The molecule has 1 fully saturated rings. The van der Waals surface area contributed by atoms with Gasteiger partial charge in [0.25, 0.3) is 0 Å². The number of allylic oxidation sites excluding steroid dienone is 7. The molecule has 1 N–H and O–H groups in total. The van der Waals surface area contributed by atoms with Crippen molar-refractivity contribution in [1.29, 1.82) is 0 Å². The minimum atomic E-state index is -0.703. The van der Waals surface area contributed by atoms with E-state index in [9.17, 15) is 24.3 Å². The van der Waals surface area contributed by atoms with E-state index in [0.29, 0.717) is 51.4 Å². The van der Waals surface area contributed by atoms with Crippen LogP contribution in [0.25, 0.3) is 0 Å². The first kappa shape index (κ1) is 26.2. The van der Waals surface area contributed by atoms with Gasteiger partial charge in [-0.1, -0.05) is 53.6 Å². The summed E-state index contributed by atoms with van der Waals surface area (Å²) in [5.41, 5.74) is 4.28. The molecule has 1 saturated heterocycles. The van der Waals surface area contributed by atoms with Crippen LogP contribution in [0.5, 0.6) is 5.75 Å². The van der Waals surface area contributed by atoms with Crippen molar-refractivity contribution < 1.29 is 24.3 Å². The molecular weight excluding hydrogens is 526 g/mol. The molecule has 6 nitrogen and oxygen atoms in total. The number of carbonyl (C=O) groups excluding carboxylic acids is 4. The second-order valence-electron chi connectivity index (χ2n) is 11.0. The van der Waals surface area contributed by atoms with Gasteiger partial charge in [0.05, 0.1) is 17.5 Å². The highest BCUT2D eigenvalue weighted by Gasteiger charge is 2.56. The molecular formula is C33H28ClNO5. The van der Waals surface area contributed by atoms with Crippen molar-refractivity contribution in [3.63, 3.8) is 0 Å². The number of hydrogen-bond acceptors (Lipinski definition) is 5. The van der Waals surface area contributed by atoms with Gasteiger partial charge in [0.2, 0.25) is 11.8 Å². The van der Waals surface area contributed by atoms with E-state index in [1.54, 1.807) is 43.3 Å². The van der Waals surface area contributed by atoms with Crippen LogP contribution in [0.15, 0.2) is 83.5 Å². The third-order valence-corrected chi connectivity index (χ3v) is 9.21. The van der Waals surface area contributed by atoms with E-state index in [1.165, 1.54) is 11.0 Å². The summed E-state index contributed by atoms with van der Waals surface area (Å²) in [4.78, 5) is 55.8. The summed E-state index contributed by atoms with van der Waals surface area (Å²) in [7, 11) is 0. The molecule has 2 amide bonds. The number of Topliss-reactive ketones (excluding diaryl/α,β-unsaturated/α-hetero) is 1. The maximum atomic E-state index is 14.0. The van der Waals surface area contributed by atoms with Crippen LogP contribution < -0.4 is 4.90 Å². The largest absolute Gasteiger partial charge is 0.507 e. The Labute approximate surface area is 237 Å². The van der Waals surface area contributed by atoms with Crippen molar-refractivity contribution in [3.05, 3.63) is 105 Å². The van der Waals surface area contributed by atoms with Gasteiger partial charge >= 0.3 is 0 Å². The molecule has 0 saturated carbocycles. The summed E-state index contributed by atoms with van der Waals surface area (Å²) < 4.78 is 0. The highest BCUT2D eigenvalue weighted by Crippen LogP contribution is 2.56. The highest BCUT2D eigenvalue weighted by atomic mass is 35.5. The molecule has 0 radical (unpaired) electrons. The number of anilines is 1. The number of para-hydroxylation sites is 1. The predicted octanol–water partition coefficient (Wildman–Crippen LogP) is 5.72. The van der Waals surface area contributed by atoms with Gasteiger partial charge in [-0.05, 0) is 68.4 Å². The van der Waals surface area contributed by atoms with Gasteiger partial charge in [0, 0.05) is 33.2 Å². The Bertz CT molecular complexity index is 1640. The van der Waals surface area contributed by atoms with Gasteiger partial charge in [-0.15, -0.1) is 6.58 Å². The summed E-state index contributed by atoms with van der Waals surface area (Å²) in [6.07, 6.45) is 5.92. The van der Waals surface area contributed by atoms with E-state index in [-0.39, 0.29) is 35.6 Å². The van der Waals surface area contributed by atoms with Crippen molar-refractivity contribution in [2.24, 2.45) is 17.8 Å². The molecule has 1 heterocycles. The van der Waals surface area contributed by atoms with E-state index in [2.05, 4.69) is 6.58 Å². The summed E-state index contributed by atoms with van der Waals surface area (Å²) in [6.45, 7) is 7.25. The number of ketones is 2. The fourth-order valence-corrected chi connectivity index (χ4v) is 7.03. The first-order valence-electron chi connectivity index (χ1n) is 13.4. The zero-order chi connectivity index (χ0) is 28.5. The van der Waals surface area contributed by atoms with E-state index < -0.39 is 23.7 Å². The Hall–Kier alpha value is -4.03. The number of hydrogen-bond donors (Lipinski definition) is 1. The van der Waals surface area contributed by atoms with Gasteiger partial charge in [0.15, 0.2) is 11.6 Å². The summed E-state index contributed by atoms with van der Waals surface area (Å²) in [5, 5.41) is 11.8. The minimum Gasteiger partial charge on any atom is -0.507 e. The molecule has 6 rings (SSSR count). The maximum Gasteiger partial charge on any atom is 0.238 e. The molecule has 4 aliphatic rings. The smallest absolute Gasteiger partial charge is 0.238 e. The summed E-state index contributed by atoms with van der Waals surface area (Å²) in [5.74, 6) is -3.55. The highest BCUT2D eigenvalue weighted by molar-refractivity contribution is 6.32. The van der Waals surface area contributed by atoms with Gasteiger partial charge < -0.3 is 5.11 Å². The maximum absolute atomic E-state index is 14.0. The van der Waals surface area contributed by atoms with Crippen LogP contribution in [-0.4, -0.2) is 28.5 Å². The standard InChI is InChI=1S/C33H28ClNO5/c1-4-6-18-7-5-8-21(31(18)38)27-20-11-12-22-28(23(20)15-24-26(36)13-17(3)30(37)29(24)27)33(40)35(32(22)39)19-10-9-16(2)25(34)14-19/h4-5,7-11,13-14,22-23,27-28,38H,1,6,12,15H2,2-3H3/t22-,23+,27+,28-/m0/s1. The number of fused-ring (bicyclic) bond motifs is 3. The van der Waals surface area contributed by atoms with Gasteiger partial charge in [-0.25, -0.2) is 4.90 Å². The molecule has 2 aromatic rings. The van der Waals surface area contributed by atoms with Gasteiger partial charge in [-0.2, -0.15) is 0 Å². The van der Waals surface area contributed by atoms with E-state index in [0.717, 1.165) is 11.1 Å². The molecule has 3 aliphatic carbocycles. The number of rotatable bonds is 4. The van der Waals surface area contributed by atoms with Crippen LogP contribution in [0, 0.1) is 24.7 Å². The molecule has 2 aromatic carbocycles. The van der Waals surface area contributed by atoms with Crippen LogP contribution in [0.1, 0.15) is 42.4 Å². The number of carbonyl (C=O) groups is 4. The van der Waals surface area contributed by atoms with Crippen LogP contribution in [0.4, 0.5) is 5.69 Å². The monoisotopic (exact) mass is 553 g/mol. The van der Waals surface area contributed by atoms with E-state index >= 15 is 0 Å². The van der Waals surface area contributed by atoms with Crippen molar-refractivity contribution in [2.45, 2.75) is 39.0 Å². The fraction of sp³-hybridized carbons (Fsp3) is 0.273. The van der Waals surface area contributed by atoms with Gasteiger partial charge in [-0.3, -0.25) is 19.2 Å². The normalized spacial score (nSPS) is 25.8. The van der Waals surface area contributed by atoms with E-state index in [1.807, 2.05) is 19.1 Å². The van der Waals surface area contributed by atoms with E-state index in [4.69, 9.17) is 11.6 Å². The first-order chi connectivity index (χ1) is 19.1. The van der Waals surface area contributed by atoms with Crippen LogP contribution >= 0.6 is 11.6 Å². The molecule has 0 spiro atoms. The van der Waals surface area contributed by atoms with Crippen LogP contribution in [-0.2, 0) is 25.6 Å². The Morgan fingerprint density at radius 1 is 1.07 bits per heavy atom. The SMILES string of the molecule is C=CCc1cccc([C@H]2C3=CC[C@@H]4C(=O)N(c5ccc(C)c(Cl)c5)C(=O)[C@@H]4[C@@H]3CC3=C2C(=O)C(C)=CC3=O)c1O. The Morgan fingerprint density at radius 2 is 1.85 bits per heavy atom. The molecule has 0 unspecified atom stereocenters. The number of phenols is 1. The zero-order valence-electron chi connectivity index (χ0n) is 22.2. The lowest BCUT2D eigenvalue weighted by Gasteiger charge is -2.42. The van der Waals surface area contributed by atoms with Crippen molar-refractivity contribution in [2.75, 3.05) is 4.90 Å². The number of halogens is 1. The summed E-state index contributed by atoms with van der Waals surface area (Å²) >= 11 is 6.34. The molecule has 7 heteroatoms. The number of aromatic hydroxyl groups is 1. The number of imide groups is 1. The number of phenolic OH excluding ortho intramolecular Hbond substituents is 1. The molecule has 0 aromatic heterocycles. The predicted molar refractivity (Wildman–Crippen MR) is 152 cm³/mol. The molecule has 40 heavy (non-hydrogen) atoms. The average Bonchev–Trinajstić information content (AvgIpc) is 3.19. The molecule has 202 valence electrons. The Balaban J connectivity index is 1.50. The van der Waals surface area contributed by atoms with Crippen molar-refractivity contribution >= 4 is 40.7 Å². The number of benzene rings is 2. The van der Waals surface area contributed by atoms with Crippen LogP contribution in [0.2, 0.25) is 5.02 Å². The number of aryl methyl sites for hydroxylation is 1. The Kier molecular flexibility index (Phi) is 6.26. The third-order valence-electron chi connectivity index (χ3n) is 8.80. The third kappa shape index (κ3) is 3.77. The topological polar surface area (TPSA) is 91.8 Å². The number of amides is 2. The van der Waals surface area contributed by atoms with Crippen LogP contribution in [0.3, 0.4) is 0 Å². The summed E-state index contributed by atoms with van der Waals surface area (Å²) in [6, 6.07) is 10.5. The minimum absolute atomic E-state index is 0.0418. The fourth-order valence-electron chi connectivity index (χ4n) is 6.86. The lowest BCUT2D eigenvalue weighted by molar-refractivity contribution is -0.123. The second kappa shape index (κ2) is 9.56. The van der Waals surface area contributed by atoms with Gasteiger partial charge in [0.1, 0.15) is 5.75 Å². The van der Waals surface area contributed by atoms with Crippen molar-refractivity contribution in [1.82, 2.24) is 0 Å². The Morgan fingerprint density at radius 3 is 2.58 bits per heavy atom. The first-order valence-corrected chi connectivity index (χ1v) is 13.8. The lowest BCUT2D eigenvalue weighted by atomic mass is 9.59. The lowest BCUT2D eigenvalue weighted by Crippen LogP contribution is -2.39. The number of nitrogens with zero attached hydrogens (tertiary/aromatic N) is 1. The molecule has 0 bridgehead atoms. The zero-order valence-corrected chi connectivity index (χ0v) is 23.0. The second-order valence-corrected chi connectivity index (χ2v) is 11.4.